The number of benzene rings is 1. The normalized spacial score (nSPS) is 22.4. The van der Waals surface area contributed by atoms with E-state index in [0.717, 1.165) is 57.6 Å². The molecule has 0 aliphatic carbocycles. The minimum absolute atomic E-state index is 0.544. The fourth-order valence-corrected chi connectivity index (χ4v) is 4.56. The topological polar surface area (TPSA) is 31.8 Å². The van der Waals surface area contributed by atoms with Crippen LogP contribution in [0.2, 0.25) is 0 Å². The third kappa shape index (κ3) is 3.97. The molecule has 0 unspecified atom stereocenters. The van der Waals surface area contributed by atoms with Gasteiger partial charge in [-0.1, -0.05) is 18.2 Å². The number of hydrogen-bond acceptors (Lipinski definition) is 6. The number of morpholine rings is 1. The summed E-state index contributed by atoms with van der Waals surface area (Å²) in [5.74, 6) is 0. The first-order chi connectivity index (χ1) is 12.3. The van der Waals surface area contributed by atoms with Crippen molar-refractivity contribution in [2.45, 2.75) is 19.5 Å². The van der Waals surface area contributed by atoms with Crippen molar-refractivity contribution in [3.8, 4) is 0 Å². The molecular formula is C19H26N4OS. The van der Waals surface area contributed by atoms with Crippen LogP contribution in [-0.4, -0.2) is 61.9 Å². The number of anilines is 2. The number of hydrogen-bond donors (Lipinski definition) is 0. The zero-order valence-electron chi connectivity index (χ0n) is 14.8. The van der Waals surface area contributed by atoms with Crippen LogP contribution in [0.15, 0.2) is 36.5 Å². The fourth-order valence-electron chi connectivity index (χ4n) is 3.57. The van der Waals surface area contributed by atoms with Gasteiger partial charge in [0, 0.05) is 62.1 Å². The molecule has 0 bridgehead atoms. The van der Waals surface area contributed by atoms with Gasteiger partial charge in [0.2, 0.25) is 0 Å². The van der Waals surface area contributed by atoms with E-state index in [1.807, 2.05) is 11.3 Å². The van der Waals surface area contributed by atoms with Crippen molar-refractivity contribution in [3.63, 3.8) is 0 Å². The van der Waals surface area contributed by atoms with E-state index in [2.05, 4.69) is 63.1 Å². The van der Waals surface area contributed by atoms with Crippen molar-refractivity contribution >= 4 is 22.2 Å². The Morgan fingerprint density at radius 2 is 1.88 bits per heavy atom. The van der Waals surface area contributed by atoms with Crippen LogP contribution in [0.4, 0.5) is 10.8 Å². The molecular weight excluding hydrogens is 332 g/mol. The molecule has 0 N–H and O–H groups in total. The van der Waals surface area contributed by atoms with Gasteiger partial charge < -0.3 is 14.5 Å². The second kappa shape index (κ2) is 7.72. The molecule has 134 valence electrons. The Labute approximate surface area is 153 Å². The largest absolute Gasteiger partial charge is 0.378 e. The Hall–Kier alpha value is -1.63. The number of piperazine rings is 1. The fraction of sp³-hybridized carbons (Fsp3) is 0.526. The Kier molecular flexibility index (Phi) is 5.20. The molecule has 2 fully saturated rings. The lowest BCUT2D eigenvalue weighted by Gasteiger charge is -2.40. The van der Waals surface area contributed by atoms with E-state index in [1.54, 1.807) is 0 Å². The lowest BCUT2D eigenvalue weighted by atomic mass is 10.1. The Morgan fingerprint density at radius 3 is 2.64 bits per heavy atom. The molecule has 6 heteroatoms. The molecule has 25 heavy (non-hydrogen) atoms. The minimum Gasteiger partial charge on any atom is -0.378 e. The van der Waals surface area contributed by atoms with E-state index in [9.17, 15) is 0 Å². The van der Waals surface area contributed by atoms with Crippen LogP contribution >= 0.6 is 11.3 Å². The average Bonchev–Trinajstić information content (AvgIpc) is 3.13. The van der Waals surface area contributed by atoms with Crippen LogP contribution in [0.3, 0.4) is 0 Å². The smallest absolute Gasteiger partial charge is 0.185 e. The number of nitrogens with zero attached hydrogens (tertiary/aromatic N) is 4. The second-order valence-corrected chi connectivity index (χ2v) is 7.90. The molecule has 4 rings (SSSR count). The van der Waals surface area contributed by atoms with Gasteiger partial charge in [0.1, 0.15) is 0 Å². The number of para-hydroxylation sites is 1. The van der Waals surface area contributed by atoms with Crippen molar-refractivity contribution in [2.24, 2.45) is 0 Å². The maximum absolute atomic E-state index is 5.43. The van der Waals surface area contributed by atoms with Gasteiger partial charge in [-0.2, -0.15) is 0 Å². The molecule has 1 aromatic carbocycles. The van der Waals surface area contributed by atoms with Gasteiger partial charge in [0.05, 0.1) is 13.2 Å². The third-order valence-electron chi connectivity index (χ3n) is 5.07. The Morgan fingerprint density at radius 1 is 1.08 bits per heavy atom. The van der Waals surface area contributed by atoms with Gasteiger partial charge in [-0.25, -0.2) is 4.98 Å². The molecule has 0 radical (unpaired) electrons. The number of ether oxygens (including phenoxy) is 1. The van der Waals surface area contributed by atoms with Gasteiger partial charge >= 0.3 is 0 Å². The highest BCUT2D eigenvalue weighted by Crippen LogP contribution is 2.26. The van der Waals surface area contributed by atoms with E-state index in [0.29, 0.717) is 6.04 Å². The minimum atomic E-state index is 0.544. The molecule has 1 atom stereocenters. The summed E-state index contributed by atoms with van der Waals surface area (Å²) in [4.78, 5) is 13.4. The van der Waals surface area contributed by atoms with Crippen molar-refractivity contribution in [3.05, 3.63) is 41.4 Å². The van der Waals surface area contributed by atoms with Crippen LogP contribution in [0, 0.1) is 0 Å². The lowest BCUT2D eigenvalue weighted by molar-refractivity contribution is 0.122. The first-order valence-corrected chi connectivity index (χ1v) is 9.93. The summed E-state index contributed by atoms with van der Waals surface area (Å²) in [6.45, 7) is 10.1. The molecule has 0 amide bonds. The molecule has 5 nitrogen and oxygen atoms in total. The standard InChI is InChI=1S/C19H26N4OS/c1-16-14-23(17-5-3-2-4-6-17)8-7-22(16)15-18-13-20-19(25-18)21-9-11-24-12-10-21/h2-6,13,16H,7-12,14-15H2,1H3/t16-/m0/s1. The van der Waals surface area contributed by atoms with E-state index >= 15 is 0 Å². The summed E-state index contributed by atoms with van der Waals surface area (Å²) >= 11 is 1.84. The molecule has 0 saturated carbocycles. The highest BCUT2D eigenvalue weighted by atomic mass is 32.1. The highest BCUT2D eigenvalue weighted by Gasteiger charge is 2.24. The lowest BCUT2D eigenvalue weighted by Crippen LogP contribution is -2.51. The second-order valence-electron chi connectivity index (χ2n) is 6.81. The molecule has 2 aliphatic rings. The van der Waals surface area contributed by atoms with Gasteiger partial charge in [-0.05, 0) is 19.1 Å². The quantitative estimate of drug-likeness (QED) is 0.839. The highest BCUT2D eigenvalue weighted by molar-refractivity contribution is 7.15. The average molecular weight is 359 g/mol. The predicted molar refractivity (Wildman–Crippen MR) is 104 cm³/mol. The summed E-state index contributed by atoms with van der Waals surface area (Å²) in [7, 11) is 0. The van der Waals surface area contributed by atoms with Crippen molar-refractivity contribution in [1.82, 2.24) is 9.88 Å². The van der Waals surface area contributed by atoms with Gasteiger partial charge in [-0.15, -0.1) is 11.3 Å². The molecule has 2 aliphatic heterocycles. The summed E-state index contributed by atoms with van der Waals surface area (Å²) < 4.78 is 5.43. The first-order valence-electron chi connectivity index (χ1n) is 9.11. The van der Waals surface area contributed by atoms with Gasteiger partial charge in [-0.3, -0.25) is 4.90 Å². The van der Waals surface area contributed by atoms with E-state index in [4.69, 9.17) is 4.74 Å². The molecule has 2 aromatic rings. The molecule has 3 heterocycles. The molecule has 1 aromatic heterocycles. The van der Waals surface area contributed by atoms with E-state index < -0.39 is 0 Å². The van der Waals surface area contributed by atoms with Crippen LogP contribution in [0.25, 0.3) is 0 Å². The first kappa shape index (κ1) is 16.8. The Balaban J connectivity index is 1.35. The summed E-state index contributed by atoms with van der Waals surface area (Å²) in [5, 5.41) is 1.15. The van der Waals surface area contributed by atoms with Crippen molar-refractivity contribution < 1.29 is 4.74 Å². The van der Waals surface area contributed by atoms with E-state index in [-0.39, 0.29) is 0 Å². The van der Waals surface area contributed by atoms with Crippen molar-refractivity contribution in [2.75, 3.05) is 55.7 Å². The summed E-state index contributed by atoms with van der Waals surface area (Å²) in [5.41, 5.74) is 1.33. The SMILES string of the molecule is C[C@H]1CN(c2ccccc2)CCN1Cc1cnc(N2CCOCC2)s1. The van der Waals surface area contributed by atoms with Crippen LogP contribution in [0.1, 0.15) is 11.8 Å². The maximum Gasteiger partial charge on any atom is 0.185 e. The number of aromatic nitrogens is 1. The van der Waals surface area contributed by atoms with Crippen LogP contribution in [-0.2, 0) is 11.3 Å². The van der Waals surface area contributed by atoms with Crippen LogP contribution in [0.5, 0.6) is 0 Å². The summed E-state index contributed by atoms with van der Waals surface area (Å²) in [6, 6.07) is 11.3. The molecule has 2 saturated heterocycles. The monoisotopic (exact) mass is 358 g/mol. The Bertz CT molecular complexity index is 671. The third-order valence-corrected chi connectivity index (χ3v) is 6.11. The van der Waals surface area contributed by atoms with Crippen molar-refractivity contribution in [1.29, 1.82) is 0 Å². The zero-order valence-corrected chi connectivity index (χ0v) is 15.6. The zero-order chi connectivity index (χ0) is 17.1. The van der Waals surface area contributed by atoms with Gasteiger partial charge in [0.15, 0.2) is 5.13 Å². The predicted octanol–water partition coefficient (Wildman–Crippen LogP) is 2.69. The van der Waals surface area contributed by atoms with Crippen LogP contribution < -0.4 is 9.80 Å². The van der Waals surface area contributed by atoms with Gasteiger partial charge in [0.25, 0.3) is 0 Å². The molecule has 0 spiro atoms. The maximum atomic E-state index is 5.43. The van der Waals surface area contributed by atoms with E-state index in [1.165, 1.54) is 10.6 Å². The number of rotatable bonds is 4. The number of thiazole rings is 1. The summed E-state index contributed by atoms with van der Waals surface area (Å²) in [6.07, 6.45) is 2.06.